The lowest BCUT2D eigenvalue weighted by Crippen LogP contribution is -2.21. The van der Waals surface area contributed by atoms with Gasteiger partial charge in [0.1, 0.15) is 11.3 Å². The van der Waals surface area contributed by atoms with Gasteiger partial charge in [0.2, 0.25) is 0 Å². The van der Waals surface area contributed by atoms with Crippen LogP contribution in [0, 0.1) is 0 Å². The van der Waals surface area contributed by atoms with E-state index in [9.17, 15) is 13.2 Å². The monoisotopic (exact) mass is 286 g/mol. The van der Waals surface area contributed by atoms with Gasteiger partial charge in [0, 0.05) is 6.61 Å². The highest BCUT2D eigenvalue weighted by Gasteiger charge is 2.32. The molecule has 0 amide bonds. The number of hydrogen-bond acceptors (Lipinski definition) is 5. The molecule has 1 aliphatic rings. The predicted octanol–water partition coefficient (Wildman–Crippen LogP) is 0.956. The minimum Gasteiger partial charge on any atom is -0.496 e. The molecule has 1 aromatic carbocycles. The van der Waals surface area contributed by atoms with Crippen LogP contribution >= 0.6 is 0 Å². The van der Waals surface area contributed by atoms with Crippen LogP contribution in [0.4, 0.5) is 0 Å². The van der Waals surface area contributed by atoms with E-state index in [0.29, 0.717) is 13.0 Å². The third-order valence-electron chi connectivity index (χ3n) is 3.06. The lowest BCUT2D eigenvalue weighted by Gasteiger charge is -2.12. The second-order valence-corrected chi connectivity index (χ2v) is 6.43. The van der Waals surface area contributed by atoms with E-state index in [2.05, 4.69) is 0 Å². The minimum absolute atomic E-state index is 0.0128. The first-order chi connectivity index (χ1) is 8.96. The van der Waals surface area contributed by atoms with Crippen LogP contribution in [0.25, 0.3) is 0 Å². The van der Waals surface area contributed by atoms with E-state index in [1.165, 1.54) is 19.2 Å². The molecule has 2 rings (SSSR count). The van der Waals surface area contributed by atoms with Crippen molar-refractivity contribution in [2.75, 3.05) is 20.3 Å². The highest BCUT2D eigenvalue weighted by atomic mass is 32.2. The number of carbonyl (C=O) groups is 1. The topological polar surface area (TPSA) is 89.9 Å². The van der Waals surface area contributed by atoms with Gasteiger partial charge in [-0.3, -0.25) is 0 Å². The van der Waals surface area contributed by atoms with Gasteiger partial charge in [0.15, 0.2) is 9.84 Å². The normalized spacial score (nSPS) is 19.3. The van der Waals surface area contributed by atoms with E-state index in [1.54, 1.807) is 0 Å². The number of hydrogen-bond donors (Lipinski definition) is 1. The molecule has 6 nitrogen and oxygen atoms in total. The van der Waals surface area contributed by atoms with Gasteiger partial charge in [-0.2, -0.15) is 0 Å². The second-order valence-electron chi connectivity index (χ2n) is 4.20. The molecular weight excluding hydrogens is 272 g/mol. The summed E-state index contributed by atoms with van der Waals surface area (Å²) in [6.45, 7) is 0.558. The summed E-state index contributed by atoms with van der Waals surface area (Å²) < 4.78 is 34.6. The fourth-order valence-electron chi connectivity index (χ4n) is 1.98. The van der Waals surface area contributed by atoms with Crippen molar-refractivity contribution >= 4 is 15.8 Å². The fourth-order valence-corrected chi connectivity index (χ4v) is 3.59. The molecule has 7 heteroatoms. The van der Waals surface area contributed by atoms with Crippen molar-refractivity contribution in [1.82, 2.24) is 0 Å². The van der Waals surface area contributed by atoms with Crippen LogP contribution < -0.4 is 4.74 Å². The molecule has 1 heterocycles. The lowest BCUT2D eigenvalue weighted by molar-refractivity contribution is 0.0693. The number of sulfone groups is 1. The van der Waals surface area contributed by atoms with Gasteiger partial charge in [0.25, 0.3) is 0 Å². The summed E-state index contributed by atoms with van der Waals surface area (Å²) in [5, 5.41) is 8.44. The SMILES string of the molecule is COc1ccc(S(=O)(=O)C2CCOC2)cc1C(=O)O. The first-order valence-corrected chi connectivity index (χ1v) is 7.24. The van der Waals surface area contributed by atoms with Crippen molar-refractivity contribution in [3.05, 3.63) is 23.8 Å². The van der Waals surface area contributed by atoms with Crippen LogP contribution in [0.5, 0.6) is 5.75 Å². The Morgan fingerprint density at radius 2 is 2.21 bits per heavy atom. The predicted molar refractivity (Wildman–Crippen MR) is 66.4 cm³/mol. The summed E-state index contributed by atoms with van der Waals surface area (Å²) >= 11 is 0. The van der Waals surface area contributed by atoms with Crippen LogP contribution in [-0.2, 0) is 14.6 Å². The molecule has 0 spiro atoms. The Morgan fingerprint density at radius 1 is 1.47 bits per heavy atom. The molecule has 0 aliphatic carbocycles. The van der Waals surface area contributed by atoms with E-state index in [0.717, 1.165) is 6.07 Å². The zero-order chi connectivity index (χ0) is 14.0. The molecule has 0 saturated carbocycles. The average molecular weight is 286 g/mol. The summed E-state index contributed by atoms with van der Waals surface area (Å²) in [5.41, 5.74) is -0.164. The number of benzene rings is 1. The molecule has 0 bridgehead atoms. The Hall–Kier alpha value is -1.60. The smallest absolute Gasteiger partial charge is 0.339 e. The Kier molecular flexibility index (Phi) is 3.77. The zero-order valence-electron chi connectivity index (χ0n) is 10.3. The molecule has 1 atom stereocenters. The summed E-state index contributed by atoms with van der Waals surface area (Å²) in [6, 6.07) is 3.85. The van der Waals surface area contributed by atoms with Gasteiger partial charge in [-0.25, -0.2) is 13.2 Å². The summed E-state index contributed by atoms with van der Waals surface area (Å²) in [5.74, 6) is -1.09. The van der Waals surface area contributed by atoms with E-state index in [1.807, 2.05) is 0 Å². The standard InChI is InChI=1S/C12H14O6S/c1-17-11-3-2-8(6-10(11)12(13)14)19(15,16)9-4-5-18-7-9/h2-3,6,9H,4-5,7H2,1H3,(H,13,14). The quantitative estimate of drug-likeness (QED) is 0.886. The van der Waals surface area contributed by atoms with Crippen LogP contribution in [0.1, 0.15) is 16.8 Å². The molecule has 19 heavy (non-hydrogen) atoms. The van der Waals surface area contributed by atoms with Crippen molar-refractivity contribution < 1.29 is 27.8 Å². The first kappa shape index (κ1) is 13.8. The zero-order valence-corrected chi connectivity index (χ0v) is 11.1. The fraction of sp³-hybridized carbons (Fsp3) is 0.417. The molecular formula is C12H14O6S. The summed E-state index contributed by atoms with van der Waals surface area (Å²) in [7, 11) is -2.23. The molecule has 1 aromatic rings. The van der Waals surface area contributed by atoms with Gasteiger partial charge in [-0.05, 0) is 24.6 Å². The highest BCUT2D eigenvalue weighted by Crippen LogP contribution is 2.27. The van der Waals surface area contributed by atoms with Crippen LogP contribution in [-0.4, -0.2) is 45.1 Å². The van der Waals surface area contributed by atoms with Crippen molar-refractivity contribution in [3.63, 3.8) is 0 Å². The second kappa shape index (κ2) is 5.18. The first-order valence-electron chi connectivity index (χ1n) is 5.70. The largest absolute Gasteiger partial charge is 0.496 e. The van der Waals surface area contributed by atoms with E-state index in [-0.39, 0.29) is 22.8 Å². The summed E-state index contributed by atoms with van der Waals surface area (Å²) in [4.78, 5) is 11.1. The summed E-state index contributed by atoms with van der Waals surface area (Å²) in [6.07, 6.45) is 0.427. The van der Waals surface area contributed by atoms with Crippen molar-refractivity contribution in [3.8, 4) is 5.75 Å². The number of rotatable bonds is 4. The Morgan fingerprint density at radius 3 is 2.74 bits per heavy atom. The Bertz CT molecular complexity index is 586. The number of aromatic carboxylic acids is 1. The third kappa shape index (κ3) is 2.57. The molecule has 104 valence electrons. The van der Waals surface area contributed by atoms with Gasteiger partial charge >= 0.3 is 5.97 Å². The highest BCUT2D eigenvalue weighted by molar-refractivity contribution is 7.92. The van der Waals surface area contributed by atoms with Gasteiger partial charge < -0.3 is 14.6 Å². The van der Waals surface area contributed by atoms with Gasteiger partial charge in [-0.15, -0.1) is 0 Å². The molecule has 1 N–H and O–H groups in total. The average Bonchev–Trinajstić information content (AvgIpc) is 2.92. The number of carboxylic acid groups (broad SMARTS) is 1. The van der Waals surface area contributed by atoms with Gasteiger partial charge in [0.05, 0.1) is 23.9 Å². The van der Waals surface area contributed by atoms with E-state index < -0.39 is 21.1 Å². The van der Waals surface area contributed by atoms with Crippen LogP contribution in [0.15, 0.2) is 23.1 Å². The van der Waals surface area contributed by atoms with E-state index >= 15 is 0 Å². The lowest BCUT2D eigenvalue weighted by atomic mass is 10.2. The number of ether oxygens (including phenoxy) is 2. The Labute approximate surface area is 110 Å². The maximum atomic E-state index is 12.3. The number of methoxy groups -OCH3 is 1. The van der Waals surface area contributed by atoms with Crippen molar-refractivity contribution in [2.24, 2.45) is 0 Å². The molecule has 1 aliphatic heterocycles. The molecule has 0 aromatic heterocycles. The Balaban J connectivity index is 2.45. The van der Waals surface area contributed by atoms with Crippen molar-refractivity contribution in [2.45, 2.75) is 16.6 Å². The van der Waals surface area contributed by atoms with E-state index in [4.69, 9.17) is 14.6 Å². The molecule has 1 unspecified atom stereocenters. The van der Waals surface area contributed by atoms with Crippen molar-refractivity contribution in [1.29, 1.82) is 0 Å². The van der Waals surface area contributed by atoms with Crippen LogP contribution in [0.2, 0.25) is 0 Å². The molecule has 0 radical (unpaired) electrons. The minimum atomic E-state index is -3.56. The van der Waals surface area contributed by atoms with Crippen LogP contribution in [0.3, 0.4) is 0 Å². The molecule has 1 saturated heterocycles. The van der Waals surface area contributed by atoms with Gasteiger partial charge in [-0.1, -0.05) is 0 Å². The third-order valence-corrected chi connectivity index (χ3v) is 5.22. The number of carboxylic acids is 1. The maximum Gasteiger partial charge on any atom is 0.339 e. The molecule has 1 fully saturated rings. The maximum absolute atomic E-state index is 12.3.